The lowest BCUT2D eigenvalue weighted by molar-refractivity contribution is 0.139. The molecule has 3 atom stereocenters. The highest BCUT2D eigenvalue weighted by Gasteiger charge is 2.33. The van der Waals surface area contributed by atoms with Crippen molar-refractivity contribution in [1.29, 1.82) is 0 Å². The highest BCUT2D eigenvalue weighted by Crippen LogP contribution is 2.23. The van der Waals surface area contributed by atoms with Gasteiger partial charge in [-0.15, -0.1) is 0 Å². The first-order valence-corrected chi connectivity index (χ1v) is 5.99. The Balaban J connectivity index is 1.63. The minimum Gasteiger partial charge on any atom is -0.380 e. The minimum absolute atomic E-state index is 0.719. The zero-order chi connectivity index (χ0) is 9.38. The summed E-state index contributed by atoms with van der Waals surface area (Å²) in [5.74, 6) is 0. The summed E-state index contributed by atoms with van der Waals surface area (Å²) >= 11 is 0. The number of nitrogens with one attached hydrogen (secondary N) is 1. The second kappa shape index (κ2) is 3.80. The highest BCUT2D eigenvalue weighted by molar-refractivity contribution is 4.91. The van der Waals surface area contributed by atoms with Gasteiger partial charge in [0.25, 0.3) is 0 Å². The smallest absolute Gasteiger partial charge is 0.0622 e. The molecule has 2 bridgehead atoms. The number of likely N-dealkylation sites (tertiary alicyclic amines) is 1. The third-order valence-corrected chi connectivity index (χ3v) is 3.98. The van der Waals surface area contributed by atoms with Crippen molar-refractivity contribution in [1.82, 2.24) is 10.2 Å². The van der Waals surface area contributed by atoms with Gasteiger partial charge in [-0.3, -0.25) is 4.90 Å². The van der Waals surface area contributed by atoms with Crippen molar-refractivity contribution in [3.8, 4) is 0 Å². The van der Waals surface area contributed by atoms with E-state index in [4.69, 9.17) is 4.74 Å². The standard InChI is InChI=1S/C11H20N2O/c1-2-10-7-13(5-3-9(1)12-10)11-4-6-14-8-11/h9-12H,1-8H2. The van der Waals surface area contributed by atoms with Crippen LogP contribution < -0.4 is 5.32 Å². The summed E-state index contributed by atoms with van der Waals surface area (Å²) in [4.78, 5) is 2.66. The van der Waals surface area contributed by atoms with Crippen LogP contribution in [0.15, 0.2) is 0 Å². The van der Waals surface area contributed by atoms with Gasteiger partial charge < -0.3 is 10.1 Å². The van der Waals surface area contributed by atoms with E-state index in [9.17, 15) is 0 Å². The minimum atomic E-state index is 0.719. The van der Waals surface area contributed by atoms with Gasteiger partial charge in [-0.1, -0.05) is 0 Å². The Hall–Kier alpha value is -0.120. The fourth-order valence-corrected chi connectivity index (χ4v) is 3.11. The third-order valence-electron chi connectivity index (χ3n) is 3.98. The van der Waals surface area contributed by atoms with Gasteiger partial charge >= 0.3 is 0 Å². The van der Waals surface area contributed by atoms with Gasteiger partial charge in [-0.2, -0.15) is 0 Å². The van der Waals surface area contributed by atoms with E-state index in [-0.39, 0.29) is 0 Å². The monoisotopic (exact) mass is 196 g/mol. The molecule has 1 N–H and O–H groups in total. The molecule has 3 saturated heterocycles. The number of fused-ring (bicyclic) bond motifs is 2. The zero-order valence-electron chi connectivity index (χ0n) is 8.74. The molecule has 0 aromatic heterocycles. The lowest BCUT2D eigenvalue weighted by Crippen LogP contribution is -2.41. The van der Waals surface area contributed by atoms with Gasteiger partial charge in [-0.05, 0) is 25.7 Å². The second-order valence-electron chi connectivity index (χ2n) is 4.94. The average Bonchev–Trinajstić information content (AvgIpc) is 2.75. The molecular formula is C11H20N2O. The van der Waals surface area contributed by atoms with Gasteiger partial charge in [0.2, 0.25) is 0 Å². The predicted octanol–water partition coefficient (Wildman–Crippen LogP) is 0.602. The van der Waals surface area contributed by atoms with E-state index in [1.54, 1.807) is 0 Å². The normalized spacial score (nSPS) is 44.1. The molecule has 3 heterocycles. The zero-order valence-corrected chi connectivity index (χ0v) is 8.74. The summed E-state index contributed by atoms with van der Waals surface area (Å²) < 4.78 is 5.47. The van der Waals surface area contributed by atoms with Crippen molar-refractivity contribution in [2.75, 3.05) is 26.3 Å². The number of hydrogen-bond donors (Lipinski definition) is 1. The van der Waals surface area contributed by atoms with Crippen LogP contribution in [0.5, 0.6) is 0 Å². The maximum atomic E-state index is 5.47. The van der Waals surface area contributed by atoms with Crippen molar-refractivity contribution in [3.63, 3.8) is 0 Å². The van der Waals surface area contributed by atoms with Gasteiger partial charge in [0.1, 0.15) is 0 Å². The van der Waals surface area contributed by atoms with Crippen LogP contribution in [-0.4, -0.2) is 49.3 Å². The van der Waals surface area contributed by atoms with Crippen LogP contribution in [0.2, 0.25) is 0 Å². The molecule has 0 aromatic rings. The molecule has 3 rings (SSSR count). The van der Waals surface area contributed by atoms with Crippen molar-refractivity contribution >= 4 is 0 Å². The number of nitrogens with zero attached hydrogens (tertiary/aromatic N) is 1. The molecule has 3 fully saturated rings. The summed E-state index contributed by atoms with van der Waals surface area (Å²) in [6.45, 7) is 4.48. The van der Waals surface area contributed by atoms with Crippen LogP contribution >= 0.6 is 0 Å². The summed E-state index contributed by atoms with van der Waals surface area (Å²) in [7, 11) is 0. The molecule has 3 nitrogen and oxygen atoms in total. The molecule has 0 radical (unpaired) electrons. The van der Waals surface area contributed by atoms with E-state index in [0.717, 1.165) is 31.3 Å². The molecule has 0 amide bonds. The first kappa shape index (κ1) is 9.13. The Bertz CT molecular complexity index is 203. The van der Waals surface area contributed by atoms with Crippen LogP contribution in [0, 0.1) is 0 Å². The largest absolute Gasteiger partial charge is 0.380 e. The maximum Gasteiger partial charge on any atom is 0.0622 e. The van der Waals surface area contributed by atoms with E-state index in [1.165, 1.54) is 38.8 Å². The SMILES string of the molecule is C1CC(N2CCC3CCC(C2)N3)CO1. The highest BCUT2D eigenvalue weighted by atomic mass is 16.5. The summed E-state index contributed by atoms with van der Waals surface area (Å²) in [5.41, 5.74) is 0. The van der Waals surface area contributed by atoms with Crippen LogP contribution in [0.25, 0.3) is 0 Å². The van der Waals surface area contributed by atoms with Crippen LogP contribution in [0.4, 0.5) is 0 Å². The van der Waals surface area contributed by atoms with Gasteiger partial charge in [0.05, 0.1) is 6.61 Å². The van der Waals surface area contributed by atoms with Crippen molar-refractivity contribution in [2.45, 2.75) is 43.8 Å². The molecular weight excluding hydrogens is 176 g/mol. The van der Waals surface area contributed by atoms with Crippen molar-refractivity contribution in [2.24, 2.45) is 0 Å². The van der Waals surface area contributed by atoms with Crippen LogP contribution in [0.3, 0.4) is 0 Å². The average molecular weight is 196 g/mol. The molecule has 0 aliphatic carbocycles. The Morgan fingerprint density at radius 3 is 2.86 bits per heavy atom. The van der Waals surface area contributed by atoms with Crippen molar-refractivity contribution in [3.05, 3.63) is 0 Å². The van der Waals surface area contributed by atoms with Gasteiger partial charge in [0.15, 0.2) is 0 Å². The van der Waals surface area contributed by atoms with E-state index >= 15 is 0 Å². The topological polar surface area (TPSA) is 24.5 Å². The lowest BCUT2D eigenvalue weighted by Gasteiger charge is -2.28. The molecule has 0 spiro atoms. The lowest BCUT2D eigenvalue weighted by atomic mass is 10.1. The van der Waals surface area contributed by atoms with Gasteiger partial charge in [0, 0.05) is 37.8 Å². The first-order valence-electron chi connectivity index (χ1n) is 5.99. The van der Waals surface area contributed by atoms with Crippen LogP contribution in [0.1, 0.15) is 25.7 Å². The molecule has 3 aliphatic rings. The maximum absolute atomic E-state index is 5.47. The quantitative estimate of drug-likeness (QED) is 0.665. The molecule has 3 heteroatoms. The molecule has 14 heavy (non-hydrogen) atoms. The number of ether oxygens (including phenoxy) is 1. The summed E-state index contributed by atoms with van der Waals surface area (Å²) in [6.07, 6.45) is 5.37. The van der Waals surface area contributed by atoms with Crippen molar-refractivity contribution < 1.29 is 4.74 Å². The summed E-state index contributed by atoms with van der Waals surface area (Å²) in [5, 5.41) is 3.72. The second-order valence-corrected chi connectivity index (χ2v) is 4.94. The van der Waals surface area contributed by atoms with E-state index < -0.39 is 0 Å². The first-order chi connectivity index (χ1) is 6.92. The molecule has 0 saturated carbocycles. The van der Waals surface area contributed by atoms with E-state index in [0.29, 0.717) is 0 Å². The number of rotatable bonds is 1. The Morgan fingerprint density at radius 2 is 2.00 bits per heavy atom. The van der Waals surface area contributed by atoms with E-state index in [2.05, 4.69) is 10.2 Å². The Labute approximate surface area is 85.8 Å². The number of hydrogen-bond acceptors (Lipinski definition) is 3. The molecule has 3 unspecified atom stereocenters. The summed E-state index contributed by atoms with van der Waals surface area (Å²) in [6, 6.07) is 2.30. The fourth-order valence-electron chi connectivity index (χ4n) is 3.11. The molecule has 0 aromatic carbocycles. The fraction of sp³-hybridized carbons (Fsp3) is 1.00. The van der Waals surface area contributed by atoms with Gasteiger partial charge in [-0.25, -0.2) is 0 Å². The molecule has 3 aliphatic heterocycles. The third kappa shape index (κ3) is 1.69. The predicted molar refractivity (Wildman–Crippen MR) is 55.4 cm³/mol. The Kier molecular flexibility index (Phi) is 2.48. The van der Waals surface area contributed by atoms with E-state index in [1.807, 2.05) is 0 Å². The Morgan fingerprint density at radius 1 is 1.07 bits per heavy atom. The molecule has 80 valence electrons. The van der Waals surface area contributed by atoms with Crippen LogP contribution in [-0.2, 0) is 4.74 Å².